The van der Waals surface area contributed by atoms with E-state index < -0.39 is 0 Å². The highest BCUT2D eigenvalue weighted by Gasteiger charge is 1.92. The first-order valence-electron chi connectivity index (χ1n) is 3.54. The topological polar surface area (TPSA) is 0 Å². The zero-order valence-corrected chi connectivity index (χ0v) is 8.92. The van der Waals surface area contributed by atoms with Crippen LogP contribution in [0.3, 0.4) is 0 Å². The highest BCUT2D eigenvalue weighted by atomic mass is 32.1. The van der Waals surface area contributed by atoms with Crippen molar-refractivity contribution >= 4 is 23.4 Å². The largest absolute Gasteiger partial charge is 0.269 e. The summed E-state index contributed by atoms with van der Waals surface area (Å²) in [7, 11) is 0. The predicted octanol–water partition coefficient (Wildman–Crippen LogP) is 3.89. The summed E-state index contributed by atoms with van der Waals surface area (Å²) in [6, 6.07) is 14.4. The van der Waals surface area contributed by atoms with E-state index in [1.54, 1.807) is 0 Å². The Labute approximate surface area is 94.9 Å². The van der Waals surface area contributed by atoms with Gasteiger partial charge in [0.05, 0.1) is 0 Å². The smallest absolute Gasteiger partial charge is 0.0119 e. The van der Waals surface area contributed by atoms with E-state index in [-0.39, 0.29) is 23.5 Å². The fourth-order valence-electron chi connectivity index (χ4n) is 1.21. The first kappa shape index (κ1) is 24.1. The standard InChI is InChI=1S/C10H8S.5FH/c11-10-7-3-5-8-4-1-2-6-9(8)10;;;;;/h1-7,11H;5*1H. The lowest BCUT2D eigenvalue weighted by Crippen LogP contribution is -1.71. The molecule has 2 aromatic carbocycles. The zero-order valence-electron chi connectivity index (χ0n) is 8.03. The van der Waals surface area contributed by atoms with Gasteiger partial charge in [-0.05, 0) is 16.8 Å². The third-order valence-corrected chi connectivity index (χ3v) is 2.16. The van der Waals surface area contributed by atoms with Gasteiger partial charge in [-0.2, -0.15) is 0 Å². The van der Waals surface area contributed by atoms with Crippen molar-refractivity contribution in [3.05, 3.63) is 42.5 Å². The van der Waals surface area contributed by atoms with Crippen molar-refractivity contribution in [2.75, 3.05) is 0 Å². The van der Waals surface area contributed by atoms with Crippen LogP contribution in [-0.4, -0.2) is 0 Å². The van der Waals surface area contributed by atoms with Crippen molar-refractivity contribution in [3.8, 4) is 0 Å². The summed E-state index contributed by atoms with van der Waals surface area (Å²) >= 11 is 4.35. The SMILES string of the molecule is F.F.F.F.F.Sc1cccc2ccccc12. The Bertz CT molecular complexity index is 388. The first-order valence-corrected chi connectivity index (χ1v) is 3.99. The molecule has 0 bridgehead atoms. The Morgan fingerprint density at radius 3 is 1.69 bits per heavy atom. The van der Waals surface area contributed by atoms with Crippen LogP contribution in [0, 0.1) is 0 Å². The molecule has 2 aromatic rings. The molecule has 16 heavy (non-hydrogen) atoms. The van der Waals surface area contributed by atoms with Crippen LogP contribution < -0.4 is 0 Å². The maximum absolute atomic E-state index is 4.35. The average molecular weight is 260 g/mol. The lowest BCUT2D eigenvalue weighted by Gasteiger charge is -1.98. The molecule has 0 amide bonds. The Balaban J connectivity index is -0.000000144. The first-order chi connectivity index (χ1) is 5.38. The molecule has 0 fully saturated rings. The molecule has 0 saturated heterocycles. The Kier molecular flexibility index (Phi) is 15.4. The molecule has 0 aliphatic carbocycles. The fourth-order valence-corrected chi connectivity index (χ4v) is 1.50. The van der Waals surface area contributed by atoms with E-state index in [0.717, 1.165) is 4.90 Å². The van der Waals surface area contributed by atoms with Crippen LogP contribution in [0.1, 0.15) is 0 Å². The van der Waals surface area contributed by atoms with Crippen LogP contribution in [0.15, 0.2) is 47.4 Å². The van der Waals surface area contributed by atoms with Gasteiger partial charge in [0.15, 0.2) is 0 Å². The summed E-state index contributed by atoms with van der Waals surface area (Å²) in [5.74, 6) is 0. The normalized spacial score (nSPS) is 7.06. The van der Waals surface area contributed by atoms with Crippen LogP contribution in [0.5, 0.6) is 0 Å². The molecule has 0 heterocycles. The van der Waals surface area contributed by atoms with Crippen molar-refractivity contribution in [2.24, 2.45) is 0 Å². The van der Waals surface area contributed by atoms with E-state index in [9.17, 15) is 0 Å². The molecular formula is C10H13F5S. The van der Waals surface area contributed by atoms with Crippen molar-refractivity contribution in [1.82, 2.24) is 0 Å². The van der Waals surface area contributed by atoms with E-state index in [2.05, 4.69) is 30.8 Å². The molecule has 94 valence electrons. The Morgan fingerprint density at radius 1 is 0.625 bits per heavy atom. The van der Waals surface area contributed by atoms with Gasteiger partial charge in [0.2, 0.25) is 0 Å². The fraction of sp³-hybridized carbons (Fsp3) is 0. The minimum absolute atomic E-state index is 0. The average Bonchev–Trinajstić information content (AvgIpc) is 2.06. The summed E-state index contributed by atoms with van der Waals surface area (Å²) in [6.45, 7) is 0. The van der Waals surface area contributed by atoms with Gasteiger partial charge in [-0.15, -0.1) is 12.6 Å². The molecule has 2 rings (SSSR count). The lowest BCUT2D eigenvalue weighted by atomic mass is 10.1. The number of benzene rings is 2. The Morgan fingerprint density at radius 2 is 1.12 bits per heavy atom. The van der Waals surface area contributed by atoms with Gasteiger partial charge in [-0.3, -0.25) is 23.5 Å². The third kappa shape index (κ3) is 4.48. The quantitative estimate of drug-likeness (QED) is 0.539. The maximum Gasteiger partial charge on any atom is 0.0119 e. The zero-order chi connectivity index (χ0) is 7.68. The summed E-state index contributed by atoms with van der Waals surface area (Å²) in [5, 5.41) is 2.47. The molecule has 0 aromatic heterocycles. The summed E-state index contributed by atoms with van der Waals surface area (Å²) < 4.78 is 0. The lowest BCUT2D eigenvalue weighted by molar-refractivity contribution is 1.11. The molecule has 6 heteroatoms. The van der Waals surface area contributed by atoms with Gasteiger partial charge < -0.3 is 0 Å². The number of rotatable bonds is 0. The van der Waals surface area contributed by atoms with Crippen LogP contribution in [0.4, 0.5) is 23.5 Å². The number of halogens is 5. The molecule has 0 radical (unpaired) electrons. The minimum Gasteiger partial charge on any atom is -0.269 e. The van der Waals surface area contributed by atoms with Gasteiger partial charge in [-0.25, -0.2) is 0 Å². The molecule has 0 spiro atoms. The van der Waals surface area contributed by atoms with Crippen molar-refractivity contribution < 1.29 is 23.5 Å². The van der Waals surface area contributed by atoms with Gasteiger partial charge in [0.1, 0.15) is 0 Å². The Hall–Kier alpha value is -1.30. The summed E-state index contributed by atoms with van der Waals surface area (Å²) in [4.78, 5) is 1.04. The van der Waals surface area contributed by atoms with E-state index in [1.807, 2.05) is 24.3 Å². The highest BCUT2D eigenvalue weighted by molar-refractivity contribution is 7.80. The molecule has 0 nitrogen and oxygen atoms in total. The van der Waals surface area contributed by atoms with Gasteiger partial charge in [-0.1, -0.05) is 36.4 Å². The van der Waals surface area contributed by atoms with E-state index >= 15 is 0 Å². The van der Waals surface area contributed by atoms with Gasteiger partial charge in [0, 0.05) is 4.90 Å². The van der Waals surface area contributed by atoms with Crippen LogP contribution >= 0.6 is 12.6 Å². The summed E-state index contributed by atoms with van der Waals surface area (Å²) in [6.07, 6.45) is 0. The second-order valence-corrected chi connectivity index (χ2v) is 2.98. The third-order valence-electron chi connectivity index (χ3n) is 1.77. The highest BCUT2D eigenvalue weighted by Crippen LogP contribution is 2.20. The number of thiol groups is 1. The predicted molar refractivity (Wildman–Crippen MR) is 63.7 cm³/mol. The molecule has 0 aliphatic rings. The van der Waals surface area contributed by atoms with Crippen molar-refractivity contribution in [3.63, 3.8) is 0 Å². The van der Waals surface area contributed by atoms with Crippen LogP contribution in [0.25, 0.3) is 10.8 Å². The number of fused-ring (bicyclic) bond motifs is 1. The van der Waals surface area contributed by atoms with E-state index in [4.69, 9.17) is 0 Å². The molecule has 0 aliphatic heterocycles. The maximum atomic E-state index is 4.35. The molecule has 0 saturated carbocycles. The summed E-state index contributed by atoms with van der Waals surface area (Å²) in [5.41, 5.74) is 0. The van der Waals surface area contributed by atoms with Gasteiger partial charge in [0.25, 0.3) is 0 Å². The van der Waals surface area contributed by atoms with Crippen LogP contribution in [-0.2, 0) is 0 Å². The number of hydrogen-bond acceptors (Lipinski definition) is 1. The van der Waals surface area contributed by atoms with E-state index in [0.29, 0.717) is 0 Å². The van der Waals surface area contributed by atoms with Crippen LogP contribution in [0.2, 0.25) is 0 Å². The molecule has 0 atom stereocenters. The molecule has 0 unspecified atom stereocenters. The minimum atomic E-state index is 0. The monoisotopic (exact) mass is 260 g/mol. The number of hydrogen-bond donors (Lipinski definition) is 1. The second-order valence-electron chi connectivity index (χ2n) is 2.50. The van der Waals surface area contributed by atoms with E-state index in [1.165, 1.54) is 10.8 Å². The molecule has 0 N–H and O–H groups in total. The molecular weight excluding hydrogens is 247 g/mol. The second kappa shape index (κ2) is 10.2. The van der Waals surface area contributed by atoms with Crippen molar-refractivity contribution in [1.29, 1.82) is 0 Å². The van der Waals surface area contributed by atoms with Gasteiger partial charge >= 0.3 is 0 Å². The van der Waals surface area contributed by atoms with Crippen molar-refractivity contribution in [2.45, 2.75) is 4.90 Å².